The van der Waals surface area contributed by atoms with Crippen molar-refractivity contribution in [2.24, 2.45) is 0 Å². The number of hydrogen-bond acceptors (Lipinski definition) is 1. The summed E-state index contributed by atoms with van der Waals surface area (Å²) in [6.07, 6.45) is -3.61. The second-order valence-electron chi connectivity index (χ2n) is 2.80. The first-order chi connectivity index (χ1) is 6.92. The zero-order valence-electron chi connectivity index (χ0n) is 7.39. The van der Waals surface area contributed by atoms with E-state index in [1.165, 1.54) is 0 Å². The third-order valence-corrected chi connectivity index (χ3v) is 3.23. The number of benzene rings is 1. The van der Waals surface area contributed by atoms with Gasteiger partial charge in [-0.3, -0.25) is 0 Å². The lowest BCUT2D eigenvalue weighted by atomic mass is 10.4. The first-order valence-electron chi connectivity index (χ1n) is 3.96. The van der Waals surface area contributed by atoms with Crippen molar-refractivity contribution < 1.29 is 17.6 Å². The maximum absolute atomic E-state index is 12.5. The fourth-order valence-electron chi connectivity index (χ4n) is 0.773. The van der Waals surface area contributed by atoms with Crippen LogP contribution in [0.1, 0.15) is 0 Å². The van der Waals surface area contributed by atoms with Crippen LogP contribution in [0.15, 0.2) is 33.6 Å². The Kier molecular flexibility index (Phi) is 4.45. The molecule has 0 heterocycles. The Balaban J connectivity index is 2.54. The molecule has 0 fully saturated rings. The second-order valence-corrected chi connectivity index (χ2v) is 4.77. The summed E-state index contributed by atoms with van der Waals surface area (Å²) >= 11 is 3.90. The summed E-state index contributed by atoms with van der Waals surface area (Å²) in [6, 6.07) is 6.53. The average Bonchev–Trinajstić information content (AvgIpc) is 2.17. The summed E-state index contributed by atoms with van der Waals surface area (Å²) in [5.74, 6) is -4.84. The Morgan fingerprint density at radius 2 is 1.73 bits per heavy atom. The summed E-state index contributed by atoms with van der Waals surface area (Å²) in [7, 11) is 0. The Hall–Kier alpha value is -0.230. The highest BCUT2D eigenvalue weighted by Crippen LogP contribution is 2.31. The first-order valence-corrected chi connectivity index (χ1v) is 5.74. The van der Waals surface area contributed by atoms with Crippen LogP contribution in [0.5, 0.6) is 0 Å². The van der Waals surface area contributed by atoms with Crippen molar-refractivity contribution in [3.05, 3.63) is 28.7 Å². The van der Waals surface area contributed by atoms with Gasteiger partial charge >= 0.3 is 12.3 Å². The molecule has 1 aromatic carbocycles. The molecular formula is C9H7BrF4S. The molecule has 0 radical (unpaired) electrons. The molecule has 0 aromatic heterocycles. The monoisotopic (exact) mass is 302 g/mol. The average molecular weight is 303 g/mol. The third-order valence-electron chi connectivity index (χ3n) is 1.56. The number of alkyl halides is 4. The molecule has 0 aliphatic rings. The summed E-state index contributed by atoms with van der Waals surface area (Å²) in [5.41, 5.74) is 0. The van der Waals surface area contributed by atoms with E-state index in [0.717, 1.165) is 4.47 Å². The predicted octanol–water partition coefficient (Wildman–Crippen LogP) is 4.44. The molecule has 1 aromatic rings. The van der Waals surface area contributed by atoms with Gasteiger partial charge in [0.15, 0.2) is 0 Å². The Bertz CT molecular complexity index is 312. The minimum absolute atomic E-state index is 0.540. The highest BCUT2D eigenvalue weighted by Gasteiger charge is 2.40. The van der Waals surface area contributed by atoms with Gasteiger partial charge in [-0.25, -0.2) is 8.78 Å². The van der Waals surface area contributed by atoms with E-state index in [4.69, 9.17) is 0 Å². The van der Waals surface area contributed by atoms with Crippen molar-refractivity contribution >= 4 is 27.7 Å². The minimum Gasteiger partial charge on any atom is -0.204 e. The van der Waals surface area contributed by atoms with Gasteiger partial charge in [-0.15, -0.1) is 11.8 Å². The first kappa shape index (κ1) is 12.8. The van der Waals surface area contributed by atoms with Crippen LogP contribution in [0.2, 0.25) is 0 Å². The molecule has 0 bridgehead atoms. The molecule has 0 aliphatic heterocycles. The lowest BCUT2D eigenvalue weighted by Gasteiger charge is -2.14. The third kappa shape index (κ3) is 4.03. The van der Waals surface area contributed by atoms with Crippen LogP contribution in [0.3, 0.4) is 0 Å². The van der Waals surface area contributed by atoms with Crippen molar-refractivity contribution in [2.75, 3.05) is 5.75 Å². The SMILES string of the molecule is FC(F)C(F)(F)CSc1ccc(Br)cc1. The molecule has 0 amide bonds. The van der Waals surface area contributed by atoms with Crippen LogP contribution in [0.25, 0.3) is 0 Å². The predicted molar refractivity (Wildman–Crippen MR) is 55.8 cm³/mol. The normalized spacial score (nSPS) is 12.1. The summed E-state index contributed by atoms with van der Waals surface area (Å²) in [4.78, 5) is 0.540. The molecule has 0 aliphatic carbocycles. The standard InChI is InChI=1S/C9H7BrF4S/c10-6-1-3-7(4-2-6)15-5-9(13,14)8(11)12/h1-4,8H,5H2. The fraction of sp³-hybridized carbons (Fsp3) is 0.333. The van der Waals surface area contributed by atoms with Crippen molar-refractivity contribution in [1.29, 1.82) is 0 Å². The van der Waals surface area contributed by atoms with Crippen LogP contribution < -0.4 is 0 Å². The quantitative estimate of drug-likeness (QED) is 0.585. The molecule has 0 nitrogen and oxygen atoms in total. The van der Waals surface area contributed by atoms with Gasteiger partial charge in [-0.1, -0.05) is 15.9 Å². The highest BCUT2D eigenvalue weighted by molar-refractivity contribution is 9.10. The van der Waals surface area contributed by atoms with E-state index < -0.39 is 18.1 Å². The molecule has 15 heavy (non-hydrogen) atoms. The van der Waals surface area contributed by atoms with Crippen LogP contribution in [-0.4, -0.2) is 18.1 Å². The van der Waals surface area contributed by atoms with Gasteiger partial charge in [-0.2, -0.15) is 8.78 Å². The zero-order valence-corrected chi connectivity index (χ0v) is 9.79. The Morgan fingerprint density at radius 1 is 1.20 bits per heavy atom. The molecule has 0 spiro atoms. The lowest BCUT2D eigenvalue weighted by molar-refractivity contribution is -0.109. The topological polar surface area (TPSA) is 0 Å². The number of thioether (sulfide) groups is 1. The van der Waals surface area contributed by atoms with E-state index in [0.29, 0.717) is 16.7 Å². The van der Waals surface area contributed by atoms with E-state index in [9.17, 15) is 17.6 Å². The summed E-state index contributed by atoms with van der Waals surface area (Å²) in [6.45, 7) is 0. The largest absolute Gasteiger partial charge is 0.316 e. The van der Waals surface area contributed by atoms with E-state index in [-0.39, 0.29) is 0 Å². The lowest BCUT2D eigenvalue weighted by Crippen LogP contribution is -2.29. The molecule has 84 valence electrons. The Labute approximate surface area is 97.2 Å². The van der Waals surface area contributed by atoms with Gasteiger partial charge < -0.3 is 0 Å². The molecule has 6 heteroatoms. The molecule has 0 atom stereocenters. The molecule has 0 unspecified atom stereocenters. The zero-order chi connectivity index (χ0) is 11.5. The van der Waals surface area contributed by atoms with Gasteiger partial charge in [-0.05, 0) is 24.3 Å². The van der Waals surface area contributed by atoms with Gasteiger partial charge in [0.1, 0.15) is 0 Å². The van der Waals surface area contributed by atoms with Crippen LogP contribution >= 0.6 is 27.7 Å². The highest BCUT2D eigenvalue weighted by atomic mass is 79.9. The van der Waals surface area contributed by atoms with Gasteiger partial charge in [0.05, 0.1) is 5.75 Å². The Morgan fingerprint density at radius 3 is 2.20 bits per heavy atom. The van der Waals surface area contributed by atoms with E-state index in [1.807, 2.05) is 0 Å². The summed E-state index contributed by atoms with van der Waals surface area (Å²) in [5, 5.41) is 0. The number of halogens is 5. The molecule has 0 N–H and O–H groups in total. The van der Waals surface area contributed by atoms with E-state index in [1.54, 1.807) is 24.3 Å². The molecule has 0 saturated carbocycles. The minimum atomic E-state index is -3.93. The second kappa shape index (κ2) is 5.21. The van der Waals surface area contributed by atoms with Gasteiger partial charge in [0, 0.05) is 9.37 Å². The smallest absolute Gasteiger partial charge is 0.204 e. The summed E-state index contributed by atoms with van der Waals surface area (Å²) < 4.78 is 49.5. The maximum Gasteiger partial charge on any atom is 0.316 e. The molecular weight excluding hydrogens is 296 g/mol. The van der Waals surface area contributed by atoms with Gasteiger partial charge in [0.2, 0.25) is 0 Å². The van der Waals surface area contributed by atoms with E-state index >= 15 is 0 Å². The van der Waals surface area contributed by atoms with Crippen molar-refractivity contribution in [2.45, 2.75) is 17.2 Å². The van der Waals surface area contributed by atoms with Crippen LogP contribution in [-0.2, 0) is 0 Å². The maximum atomic E-state index is 12.5. The van der Waals surface area contributed by atoms with Crippen LogP contribution in [0, 0.1) is 0 Å². The number of rotatable bonds is 4. The van der Waals surface area contributed by atoms with Gasteiger partial charge in [0.25, 0.3) is 0 Å². The van der Waals surface area contributed by atoms with Crippen LogP contribution in [0.4, 0.5) is 17.6 Å². The van der Waals surface area contributed by atoms with Crippen molar-refractivity contribution in [3.8, 4) is 0 Å². The fourth-order valence-corrected chi connectivity index (χ4v) is 1.85. The van der Waals surface area contributed by atoms with Crippen molar-refractivity contribution in [3.63, 3.8) is 0 Å². The van der Waals surface area contributed by atoms with Crippen molar-refractivity contribution in [1.82, 2.24) is 0 Å². The molecule has 1 rings (SSSR count). The van der Waals surface area contributed by atoms with E-state index in [2.05, 4.69) is 15.9 Å². The molecule has 0 saturated heterocycles. The number of hydrogen-bond donors (Lipinski definition) is 0.